The Labute approximate surface area is 239 Å². The molecule has 0 radical (unpaired) electrons. The van der Waals surface area contributed by atoms with Gasteiger partial charge in [-0.3, -0.25) is 14.5 Å². The van der Waals surface area contributed by atoms with Gasteiger partial charge < -0.3 is 20.1 Å². The van der Waals surface area contributed by atoms with Crippen LogP contribution in [0.15, 0.2) is 48.7 Å². The molecule has 228 valence electrons. The molecule has 1 atom stereocenters. The summed E-state index contributed by atoms with van der Waals surface area (Å²) in [6, 6.07) is 8.18. The van der Waals surface area contributed by atoms with Crippen molar-refractivity contribution in [3.63, 3.8) is 0 Å². The van der Waals surface area contributed by atoms with Gasteiger partial charge in [0.05, 0.1) is 17.7 Å². The second kappa shape index (κ2) is 12.1. The molecule has 1 amide bonds. The van der Waals surface area contributed by atoms with Crippen LogP contribution in [0.25, 0.3) is 10.9 Å². The van der Waals surface area contributed by atoms with Crippen LogP contribution in [0, 0.1) is 0 Å². The zero-order chi connectivity index (χ0) is 30.9. The number of aromatic nitrogens is 1. The maximum Gasteiger partial charge on any atom is 0.416 e. The number of carbonyl (C=O) groups excluding carboxylic acids is 2. The van der Waals surface area contributed by atoms with Crippen molar-refractivity contribution in [3.8, 4) is 0 Å². The largest absolute Gasteiger partial charge is 0.416 e. The molecule has 0 bridgehead atoms. The van der Waals surface area contributed by atoms with E-state index in [0.29, 0.717) is 37.3 Å². The molecule has 0 aliphatic carbocycles. The number of alkyl halides is 6. The minimum Gasteiger partial charge on any atom is -0.361 e. The molecule has 1 fully saturated rings. The molecule has 42 heavy (non-hydrogen) atoms. The summed E-state index contributed by atoms with van der Waals surface area (Å²) in [5, 5.41) is 3.54. The van der Waals surface area contributed by atoms with E-state index in [2.05, 4.69) is 10.3 Å². The predicted molar refractivity (Wildman–Crippen MR) is 146 cm³/mol. The molecule has 1 saturated heterocycles. The second-order valence-corrected chi connectivity index (χ2v) is 11.0. The summed E-state index contributed by atoms with van der Waals surface area (Å²) in [6.07, 6.45) is -8.61. The Morgan fingerprint density at radius 2 is 1.64 bits per heavy atom. The average molecular weight is 598 g/mol. The van der Waals surface area contributed by atoms with Gasteiger partial charge in [-0.15, -0.1) is 0 Å². The third kappa shape index (κ3) is 6.96. The van der Waals surface area contributed by atoms with Gasteiger partial charge in [-0.05, 0) is 51.0 Å². The monoisotopic (exact) mass is 597 g/mol. The smallest absolute Gasteiger partial charge is 0.361 e. The van der Waals surface area contributed by atoms with E-state index in [9.17, 15) is 35.9 Å². The quantitative estimate of drug-likeness (QED) is 0.285. The number of hydrogen-bond acceptors (Lipinski definition) is 5. The SMILES string of the molecule is CN(C)CCNC(=O)CN1CCN(C)CC1(Cc1c[nH]c2ccccc12)C(=O)c1cc(C(F)(F)F)cc(C(F)(F)F)c1. The van der Waals surface area contributed by atoms with Crippen LogP contribution in [0.3, 0.4) is 0 Å². The van der Waals surface area contributed by atoms with E-state index in [1.54, 1.807) is 29.1 Å². The molecule has 1 aliphatic heterocycles. The van der Waals surface area contributed by atoms with Gasteiger partial charge in [-0.2, -0.15) is 26.3 Å². The lowest BCUT2D eigenvalue weighted by Gasteiger charge is -2.49. The first-order valence-corrected chi connectivity index (χ1v) is 13.3. The molecular formula is C29H33F6N5O2. The van der Waals surface area contributed by atoms with Crippen molar-refractivity contribution in [2.45, 2.75) is 24.3 Å². The molecule has 2 N–H and O–H groups in total. The number of piperazine rings is 1. The lowest BCUT2D eigenvalue weighted by molar-refractivity contribution is -0.143. The van der Waals surface area contributed by atoms with E-state index in [4.69, 9.17) is 0 Å². The number of Topliss-reactive ketones (excluding diaryl/α,β-unsaturated/α-hetero) is 1. The summed E-state index contributed by atoms with van der Waals surface area (Å²) in [4.78, 5) is 35.8. The van der Waals surface area contributed by atoms with Crippen molar-refractivity contribution >= 4 is 22.6 Å². The van der Waals surface area contributed by atoms with Crippen LogP contribution < -0.4 is 5.32 Å². The first-order chi connectivity index (χ1) is 19.6. The molecule has 0 saturated carbocycles. The van der Waals surface area contributed by atoms with Gasteiger partial charge in [0.25, 0.3) is 0 Å². The van der Waals surface area contributed by atoms with Gasteiger partial charge in [-0.25, -0.2) is 0 Å². The van der Waals surface area contributed by atoms with Crippen LogP contribution in [0.4, 0.5) is 26.3 Å². The number of fused-ring (bicyclic) bond motifs is 1. The Hall–Kier alpha value is -3.42. The second-order valence-electron chi connectivity index (χ2n) is 11.0. The molecule has 7 nitrogen and oxygen atoms in total. The molecule has 1 unspecified atom stereocenters. The highest BCUT2D eigenvalue weighted by atomic mass is 19.4. The fourth-order valence-corrected chi connectivity index (χ4v) is 5.42. The fraction of sp³-hybridized carbons (Fsp3) is 0.448. The van der Waals surface area contributed by atoms with Crippen LogP contribution in [-0.4, -0.2) is 97.3 Å². The molecule has 1 aliphatic rings. The number of rotatable bonds is 9. The number of para-hydroxylation sites is 1. The molecular weight excluding hydrogens is 564 g/mol. The number of benzene rings is 2. The Bertz CT molecular complexity index is 1400. The Morgan fingerprint density at radius 3 is 2.26 bits per heavy atom. The number of nitrogens with zero attached hydrogens (tertiary/aromatic N) is 3. The van der Waals surface area contributed by atoms with Crippen LogP contribution in [0.2, 0.25) is 0 Å². The Balaban J connectivity index is 1.84. The third-order valence-electron chi connectivity index (χ3n) is 7.53. The van der Waals surface area contributed by atoms with Crippen molar-refractivity contribution in [2.75, 3.05) is 60.4 Å². The number of carbonyl (C=O) groups is 2. The summed E-state index contributed by atoms with van der Waals surface area (Å²) in [5.41, 5.74) is -4.10. The minimum absolute atomic E-state index is 0.00603. The fourth-order valence-electron chi connectivity index (χ4n) is 5.42. The predicted octanol–water partition coefficient (Wildman–Crippen LogP) is 4.29. The third-order valence-corrected chi connectivity index (χ3v) is 7.53. The minimum atomic E-state index is -5.12. The van der Waals surface area contributed by atoms with Crippen molar-refractivity contribution in [3.05, 3.63) is 70.9 Å². The van der Waals surface area contributed by atoms with Crippen molar-refractivity contribution < 1.29 is 35.9 Å². The molecule has 2 heterocycles. The maximum atomic E-state index is 14.4. The lowest BCUT2D eigenvalue weighted by atomic mass is 9.79. The Morgan fingerprint density at radius 1 is 1.00 bits per heavy atom. The molecule has 3 aromatic rings. The van der Waals surface area contributed by atoms with E-state index in [1.807, 2.05) is 37.2 Å². The highest BCUT2D eigenvalue weighted by Crippen LogP contribution is 2.39. The van der Waals surface area contributed by atoms with Crippen molar-refractivity contribution in [1.82, 2.24) is 25.0 Å². The van der Waals surface area contributed by atoms with Gasteiger partial charge in [0.2, 0.25) is 5.91 Å². The first kappa shape index (κ1) is 31.5. The number of hydrogen-bond donors (Lipinski definition) is 2. The van der Waals surface area contributed by atoms with E-state index in [0.717, 1.165) is 10.9 Å². The normalized spacial score (nSPS) is 19.0. The molecule has 0 spiro atoms. The van der Waals surface area contributed by atoms with Crippen LogP contribution in [0.1, 0.15) is 27.0 Å². The topological polar surface area (TPSA) is 71.7 Å². The average Bonchev–Trinajstić information content (AvgIpc) is 3.31. The number of amides is 1. The van der Waals surface area contributed by atoms with E-state index in [-0.39, 0.29) is 32.1 Å². The summed E-state index contributed by atoms with van der Waals surface area (Å²) >= 11 is 0. The summed E-state index contributed by atoms with van der Waals surface area (Å²) < 4.78 is 82.5. The summed E-state index contributed by atoms with van der Waals surface area (Å²) in [6.45, 7) is 1.22. The van der Waals surface area contributed by atoms with Gasteiger partial charge in [0.15, 0.2) is 5.78 Å². The number of ketones is 1. The van der Waals surface area contributed by atoms with Crippen LogP contribution in [0.5, 0.6) is 0 Å². The van der Waals surface area contributed by atoms with Crippen LogP contribution in [-0.2, 0) is 23.6 Å². The first-order valence-electron chi connectivity index (χ1n) is 13.3. The highest BCUT2D eigenvalue weighted by Gasteiger charge is 2.49. The standard InChI is InChI=1S/C29H33F6N5O2/c1-38(2)9-8-36-25(41)17-40-11-10-39(3)18-27(40,15-20-16-37-24-7-5-4-6-23(20)24)26(42)19-12-21(28(30,31)32)14-22(13-19)29(33,34)35/h4-7,12-14,16,37H,8-11,15,17-18H2,1-3H3,(H,36,41). The number of H-pyrrole nitrogens is 1. The zero-order valence-electron chi connectivity index (χ0n) is 23.5. The van der Waals surface area contributed by atoms with Gasteiger partial charge in [0.1, 0.15) is 5.54 Å². The number of halogens is 6. The number of nitrogens with one attached hydrogen (secondary N) is 2. The highest BCUT2D eigenvalue weighted by molar-refractivity contribution is 6.05. The van der Waals surface area contributed by atoms with Crippen LogP contribution >= 0.6 is 0 Å². The van der Waals surface area contributed by atoms with Gasteiger partial charge in [0, 0.05) is 61.8 Å². The number of aromatic amines is 1. The van der Waals surface area contributed by atoms with Crippen molar-refractivity contribution in [1.29, 1.82) is 0 Å². The van der Waals surface area contributed by atoms with Gasteiger partial charge in [-0.1, -0.05) is 18.2 Å². The van der Waals surface area contributed by atoms with E-state index in [1.165, 1.54) is 0 Å². The molecule has 1 aromatic heterocycles. The summed E-state index contributed by atoms with van der Waals surface area (Å²) in [7, 11) is 5.39. The molecule has 2 aromatic carbocycles. The van der Waals surface area contributed by atoms with Gasteiger partial charge >= 0.3 is 12.4 Å². The molecule has 4 rings (SSSR count). The summed E-state index contributed by atoms with van der Waals surface area (Å²) in [5.74, 6) is -1.32. The lowest BCUT2D eigenvalue weighted by Crippen LogP contribution is -2.68. The zero-order valence-corrected chi connectivity index (χ0v) is 23.5. The van der Waals surface area contributed by atoms with E-state index < -0.39 is 46.3 Å². The Kier molecular flexibility index (Phi) is 9.05. The number of likely N-dealkylation sites (N-methyl/N-ethyl adjacent to an activating group) is 2. The molecule has 13 heteroatoms. The van der Waals surface area contributed by atoms with Crippen molar-refractivity contribution in [2.24, 2.45) is 0 Å². The van der Waals surface area contributed by atoms with E-state index >= 15 is 0 Å². The maximum absolute atomic E-state index is 14.4.